The van der Waals surface area contributed by atoms with Gasteiger partial charge in [-0.05, 0) is 46.5 Å². The number of anilines is 1. The first-order chi connectivity index (χ1) is 15.5. The van der Waals surface area contributed by atoms with Gasteiger partial charge in [0.2, 0.25) is 0 Å². The Kier molecular flexibility index (Phi) is 8.45. The van der Waals surface area contributed by atoms with Gasteiger partial charge in [0.05, 0.1) is 44.1 Å². The minimum Gasteiger partial charge on any atom is -0.542 e. The van der Waals surface area contributed by atoms with Crippen LogP contribution < -0.4 is 19.0 Å². The second-order valence-corrected chi connectivity index (χ2v) is 10.9. The molecule has 1 amide bonds. The number of likely N-dealkylation sites (tertiary alicyclic amines) is 1. The molecular weight excluding hydrogens is 483 g/mol. The Labute approximate surface area is 196 Å². The maximum Gasteiger partial charge on any atom is 0.430 e. The molecule has 1 aliphatic carbocycles. The Bertz CT molecular complexity index is 972. The van der Waals surface area contributed by atoms with E-state index in [0.29, 0.717) is 18.3 Å². The van der Waals surface area contributed by atoms with Crippen LogP contribution in [0.1, 0.15) is 52.5 Å². The van der Waals surface area contributed by atoms with Crippen molar-refractivity contribution in [1.29, 1.82) is 0 Å². The summed E-state index contributed by atoms with van der Waals surface area (Å²) in [5.74, 6) is -3.01. The van der Waals surface area contributed by atoms with Gasteiger partial charge >= 0.3 is 22.5 Å². The standard InChI is InChI=1S/C17H29N5O4S.C2HF3O2/c1-17(2,3)26-16(23)19-27(24,25)22(14-6-5-9-20(4)11-14)15-10-18-21(12-15)13-7-8-13;3-2(4,5)1(6)7/h10,12-14H,5-9,11H2,1-4H3,(H,19,23);(H,6,7). The number of hydrogen-bond donors (Lipinski definition) is 2. The van der Waals surface area contributed by atoms with Crippen molar-refractivity contribution >= 4 is 28.0 Å². The highest BCUT2D eigenvalue weighted by molar-refractivity contribution is 7.91. The van der Waals surface area contributed by atoms with Crippen LogP contribution in [-0.4, -0.2) is 68.2 Å². The molecule has 1 aromatic rings. The van der Waals surface area contributed by atoms with Crippen molar-refractivity contribution in [2.24, 2.45) is 0 Å². The maximum atomic E-state index is 13.1. The van der Waals surface area contributed by atoms with Crippen molar-refractivity contribution in [3.05, 3.63) is 12.4 Å². The summed E-state index contributed by atoms with van der Waals surface area (Å²) in [5, 5.41) is 13.1. The third kappa shape index (κ3) is 8.34. The topological polar surface area (TPSA) is 138 Å². The Balaban J connectivity index is 0.000000509. The van der Waals surface area contributed by atoms with Crippen molar-refractivity contribution in [2.45, 2.75) is 70.3 Å². The Morgan fingerprint density at radius 2 is 1.85 bits per heavy atom. The monoisotopic (exact) mass is 513 g/mol. The molecule has 194 valence electrons. The summed E-state index contributed by atoms with van der Waals surface area (Å²) in [5.41, 5.74) is -0.297. The maximum absolute atomic E-state index is 13.1. The summed E-state index contributed by atoms with van der Waals surface area (Å²) in [4.78, 5) is 22.2. The number of carbonyl (C=O) groups is 2. The predicted octanol–water partition coefficient (Wildman–Crippen LogP) is -0.230. The third-order valence-corrected chi connectivity index (χ3v) is 6.37. The number of carboxylic acid groups (broad SMARTS) is 1. The second-order valence-electron chi connectivity index (χ2n) is 9.31. The number of piperidine rings is 1. The molecule has 3 rings (SSSR count). The minimum absolute atomic E-state index is 0.240. The van der Waals surface area contributed by atoms with Gasteiger partial charge in [-0.2, -0.15) is 26.7 Å². The van der Waals surface area contributed by atoms with E-state index in [-0.39, 0.29) is 6.04 Å². The first kappa shape index (κ1) is 27.7. The zero-order chi connectivity index (χ0) is 25.9. The smallest absolute Gasteiger partial charge is 0.430 e. The second kappa shape index (κ2) is 10.4. The fourth-order valence-electron chi connectivity index (χ4n) is 3.43. The summed E-state index contributed by atoms with van der Waals surface area (Å²) < 4.78 is 68.1. The van der Waals surface area contributed by atoms with Crippen molar-refractivity contribution in [3.8, 4) is 0 Å². The lowest BCUT2D eigenvalue weighted by Gasteiger charge is -2.35. The summed E-state index contributed by atoms with van der Waals surface area (Å²) in [6.45, 7) is 6.75. The Morgan fingerprint density at radius 3 is 2.32 bits per heavy atom. The molecule has 0 aromatic carbocycles. The number of nitrogens with zero attached hydrogens (tertiary/aromatic N) is 3. The molecule has 11 nitrogen and oxygen atoms in total. The van der Waals surface area contributed by atoms with Gasteiger partial charge in [0.25, 0.3) is 0 Å². The first-order valence-electron chi connectivity index (χ1n) is 10.7. The number of likely N-dealkylation sites (N-methyl/N-ethyl adjacent to an activating group) is 1. The molecular formula is C19H30F3N5O6S. The van der Waals surface area contributed by atoms with Gasteiger partial charge < -0.3 is 19.5 Å². The van der Waals surface area contributed by atoms with E-state index in [1.54, 1.807) is 33.2 Å². The fraction of sp³-hybridized carbons (Fsp3) is 0.737. The number of ether oxygens (including phenoxy) is 1. The lowest BCUT2D eigenvalue weighted by atomic mass is 10.1. The van der Waals surface area contributed by atoms with Gasteiger partial charge in [-0.3, -0.25) is 4.68 Å². The largest absolute Gasteiger partial charge is 0.542 e. The molecule has 2 fully saturated rings. The van der Waals surface area contributed by atoms with Crippen LogP contribution in [0.2, 0.25) is 0 Å². The van der Waals surface area contributed by atoms with E-state index < -0.39 is 34.0 Å². The molecule has 2 unspecified atom stereocenters. The van der Waals surface area contributed by atoms with Crippen molar-refractivity contribution in [2.75, 3.05) is 24.4 Å². The number of halogens is 3. The molecule has 0 radical (unpaired) electrons. The molecule has 34 heavy (non-hydrogen) atoms. The highest BCUT2D eigenvalue weighted by Gasteiger charge is 2.38. The number of aromatic nitrogens is 2. The number of nitrogens with one attached hydrogen (secondary N) is 2. The first-order valence-corrected chi connectivity index (χ1v) is 12.1. The third-order valence-electron chi connectivity index (χ3n) is 4.92. The normalized spacial score (nSPS) is 21.1. The average molecular weight is 514 g/mol. The van der Waals surface area contributed by atoms with Gasteiger partial charge in [0, 0.05) is 6.20 Å². The molecule has 0 bridgehead atoms. The van der Waals surface area contributed by atoms with E-state index in [1.165, 1.54) is 9.21 Å². The fourth-order valence-corrected chi connectivity index (χ4v) is 4.72. The van der Waals surface area contributed by atoms with Crippen LogP contribution in [0, 0.1) is 0 Å². The highest BCUT2D eigenvalue weighted by Crippen LogP contribution is 2.35. The molecule has 1 aliphatic heterocycles. The van der Waals surface area contributed by atoms with Crippen LogP contribution in [0.5, 0.6) is 0 Å². The molecule has 2 heterocycles. The van der Waals surface area contributed by atoms with Crippen LogP contribution >= 0.6 is 0 Å². The number of carbonyl (C=O) groups excluding carboxylic acids is 2. The molecule has 2 N–H and O–H groups in total. The SMILES string of the molecule is C[NH+]1CCCC(N(c2cnn(C3CC3)c2)S(=O)(=O)NC(=O)OC(C)(C)C)C1.O=C([O-])C(F)(F)F. The van der Waals surface area contributed by atoms with Gasteiger partial charge in [-0.15, -0.1) is 0 Å². The van der Waals surface area contributed by atoms with Crippen LogP contribution in [0.25, 0.3) is 0 Å². The lowest BCUT2D eigenvalue weighted by Crippen LogP contribution is -3.11. The molecule has 2 atom stereocenters. The van der Waals surface area contributed by atoms with Crippen LogP contribution in [0.3, 0.4) is 0 Å². The lowest BCUT2D eigenvalue weighted by molar-refractivity contribution is -0.885. The zero-order valence-corrected chi connectivity index (χ0v) is 20.2. The predicted molar refractivity (Wildman–Crippen MR) is 112 cm³/mol. The number of amides is 1. The van der Waals surface area contributed by atoms with E-state index in [9.17, 15) is 26.4 Å². The van der Waals surface area contributed by atoms with Gasteiger partial charge in [0.1, 0.15) is 11.6 Å². The zero-order valence-electron chi connectivity index (χ0n) is 19.4. The highest BCUT2D eigenvalue weighted by atomic mass is 32.2. The van der Waals surface area contributed by atoms with Crippen LogP contribution in [0.4, 0.5) is 23.7 Å². The Morgan fingerprint density at radius 1 is 1.26 bits per heavy atom. The van der Waals surface area contributed by atoms with E-state index >= 15 is 0 Å². The molecule has 0 spiro atoms. The summed E-state index contributed by atoms with van der Waals surface area (Å²) in [6.07, 6.45) is 0.929. The van der Waals surface area contributed by atoms with Crippen molar-refractivity contribution in [3.63, 3.8) is 0 Å². The number of hydrogen-bond acceptors (Lipinski definition) is 7. The van der Waals surface area contributed by atoms with Crippen molar-refractivity contribution < 1.29 is 45.9 Å². The summed E-state index contributed by atoms with van der Waals surface area (Å²) in [7, 11) is -2.07. The number of quaternary nitrogens is 1. The van der Waals surface area contributed by atoms with Gasteiger partial charge in [0.15, 0.2) is 0 Å². The summed E-state index contributed by atoms with van der Waals surface area (Å²) >= 11 is 0. The van der Waals surface area contributed by atoms with E-state index in [2.05, 4.69) is 9.82 Å². The number of alkyl halides is 3. The molecule has 15 heteroatoms. The van der Waals surface area contributed by atoms with Crippen LogP contribution in [-0.2, 0) is 19.7 Å². The van der Waals surface area contributed by atoms with E-state index in [4.69, 9.17) is 14.6 Å². The van der Waals surface area contributed by atoms with Gasteiger partial charge in [-0.25, -0.2) is 13.8 Å². The minimum atomic E-state index is -5.19. The number of aliphatic carboxylic acids is 1. The van der Waals surface area contributed by atoms with Crippen LogP contribution in [0.15, 0.2) is 12.4 Å². The average Bonchev–Trinajstić information content (AvgIpc) is 3.38. The quantitative estimate of drug-likeness (QED) is 0.555. The Hall–Kier alpha value is -2.55. The molecule has 1 saturated heterocycles. The van der Waals surface area contributed by atoms with E-state index in [1.807, 2.05) is 11.7 Å². The molecule has 1 aromatic heterocycles. The van der Waals surface area contributed by atoms with Crippen molar-refractivity contribution in [1.82, 2.24) is 14.5 Å². The van der Waals surface area contributed by atoms with E-state index in [0.717, 1.165) is 32.2 Å². The molecule has 1 saturated carbocycles. The number of carboxylic acids is 1. The molecule has 2 aliphatic rings. The van der Waals surface area contributed by atoms with Gasteiger partial charge in [-0.1, -0.05) is 0 Å². The summed E-state index contributed by atoms with van der Waals surface area (Å²) in [6, 6.07) is 0.109. The number of rotatable bonds is 5.